The van der Waals surface area contributed by atoms with Gasteiger partial charge < -0.3 is 10.1 Å². The molecule has 0 amide bonds. The molecule has 0 unspecified atom stereocenters. The second-order valence-corrected chi connectivity index (χ2v) is 3.64. The van der Waals surface area contributed by atoms with Crippen LogP contribution in [0.2, 0.25) is 0 Å². The zero-order valence-electron chi connectivity index (χ0n) is 9.00. The third-order valence-electron chi connectivity index (χ3n) is 2.43. The molecule has 0 aliphatic heterocycles. The number of aliphatic hydroxyl groups is 1. The zero-order chi connectivity index (χ0) is 11.5. The number of nitrogens with one attached hydrogen (secondary N) is 1. The summed E-state index contributed by atoms with van der Waals surface area (Å²) in [6.45, 7) is 1.95. The van der Waals surface area contributed by atoms with Gasteiger partial charge in [-0.25, -0.2) is 9.37 Å². The van der Waals surface area contributed by atoms with E-state index in [-0.39, 0.29) is 12.4 Å². The molecule has 0 fully saturated rings. The number of aryl methyl sites for hydroxylation is 1. The van der Waals surface area contributed by atoms with Gasteiger partial charge in [-0.15, -0.1) is 0 Å². The summed E-state index contributed by atoms with van der Waals surface area (Å²) in [7, 11) is 0. The first-order chi connectivity index (χ1) is 7.70. The fraction of sp³-hybridized carbons (Fsp3) is 0.250. The first kappa shape index (κ1) is 10.8. The summed E-state index contributed by atoms with van der Waals surface area (Å²) in [5, 5.41) is 8.85. The summed E-state index contributed by atoms with van der Waals surface area (Å²) in [5.41, 5.74) is 2.45. The van der Waals surface area contributed by atoms with E-state index in [2.05, 4.69) is 9.97 Å². The summed E-state index contributed by atoms with van der Waals surface area (Å²) < 4.78 is 13.0. The summed E-state index contributed by atoms with van der Waals surface area (Å²) in [4.78, 5) is 7.41. The molecule has 0 atom stereocenters. The average Bonchev–Trinajstić information content (AvgIpc) is 2.61. The number of hydrogen-bond donors (Lipinski definition) is 2. The van der Waals surface area contributed by atoms with Crippen LogP contribution in [0.4, 0.5) is 4.39 Å². The number of aliphatic hydroxyl groups excluding tert-OH is 1. The van der Waals surface area contributed by atoms with Crippen molar-refractivity contribution in [2.45, 2.75) is 13.3 Å². The van der Waals surface area contributed by atoms with Crippen LogP contribution in [0.25, 0.3) is 11.4 Å². The minimum Gasteiger partial charge on any atom is -0.396 e. The van der Waals surface area contributed by atoms with E-state index in [0.717, 1.165) is 11.4 Å². The number of aromatic nitrogens is 2. The van der Waals surface area contributed by atoms with Gasteiger partial charge in [0.2, 0.25) is 0 Å². The third kappa shape index (κ3) is 2.12. The summed E-state index contributed by atoms with van der Waals surface area (Å²) >= 11 is 0. The molecule has 0 saturated carbocycles. The summed E-state index contributed by atoms with van der Waals surface area (Å²) in [6.07, 6.45) is 0.512. The number of benzene rings is 1. The van der Waals surface area contributed by atoms with E-state index in [4.69, 9.17) is 5.11 Å². The molecule has 2 aromatic rings. The molecule has 16 heavy (non-hydrogen) atoms. The molecule has 1 heterocycles. The fourth-order valence-corrected chi connectivity index (χ4v) is 1.62. The summed E-state index contributed by atoms with van der Waals surface area (Å²) in [6, 6.07) is 6.27. The highest BCUT2D eigenvalue weighted by Crippen LogP contribution is 2.18. The van der Waals surface area contributed by atoms with E-state index < -0.39 is 0 Å². The van der Waals surface area contributed by atoms with Crippen LogP contribution in [-0.4, -0.2) is 21.7 Å². The standard InChI is InChI=1S/C12H13FN2O/c1-8-11(5-6-16)15-12(14-8)9-3-2-4-10(13)7-9/h2-4,7,16H,5-6H2,1H3,(H,14,15). The lowest BCUT2D eigenvalue weighted by Crippen LogP contribution is -1.92. The van der Waals surface area contributed by atoms with Crippen molar-refractivity contribution in [2.24, 2.45) is 0 Å². The lowest BCUT2D eigenvalue weighted by molar-refractivity contribution is 0.298. The van der Waals surface area contributed by atoms with Gasteiger partial charge in [0.15, 0.2) is 0 Å². The van der Waals surface area contributed by atoms with E-state index in [1.54, 1.807) is 12.1 Å². The van der Waals surface area contributed by atoms with Gasteiger partial charge in [0, 0.05) is 24.3 Å². The molecular weight excluding hydrogens is 207 g/mol. The van der Waals surface area contributed by atoms with E-state index in [0.29, 0.717) is 17.8 Å². The predicted octanol–water partition coefficient (Wildman–Crippen LogP) is 2.06. The van der Waals surface area contributed by atoms with Crippen molar-refractivity contribution in [3.8, 4) is 11.4 Å². The smallest absolute Gasteiger partial charge is 0.137 e. The Morgan fingerprint density at radius 1 is 1.44 bits per heavy atom. The normalized spacial score (nSPS) is 10.7. The lowest BCUT2D eigenvalue weighted by atomic mass is 10.2. The van der Waals surface area contributed by atoms with Gasteiger partial charge in [0.25, 0.3) is 0 Å². The lowest BCUT2D eigenvalue weighted by Gasteiger charge is -1.95. The fourth-order valence-electron chi connectivity index (χ4n) is 1.62. The predicted molar refractivity (Wildman–Crippen MR) is 59.5 cm³/mol. The van der Waals surface area contributed by atoms with E-state index in [1.165, 1.54) is 12.1 Å². The van der Waals surface area contributed by atoms with E-state index >= 15 is 0 Å². The highest BCUT2D eigenvalue weighted by molar-refractivity contribution is 5.55. The Balaban J connectivity index is 2.37. The average molecular weight is 220 g/mol. The van der Waals surface area contributed by atoms with E-state index in [9.17, 15) is 4.39 Å². The molecule has 1 aromatic carbocycles. The monoisotopic (exact) mass is 220 g/mol. The van der Waals surface area contributed by atoms with Gasteiger partial charge in [0.05, 0.1) is 5.69 Å². The van der Waals surface area contributed by atoms with Crippen LogP contribution < -0.4 is 0 Å². The van der Waals surface area contributed by atoms with Crippen molar-refractivity contribution >= 4 is 0 Å². The highest BCUT2D eigenvalue weighted by Gasteiger charge is 2.08. The molecule has 0 bridgehead atoms. The number of halogens is 1. The molecule has 0 aliphatic carbocycles. The van der Waals surface area contributed by atoms with Crippen molar-refractivity contribution in [1.82, 2.24) is 9.97 Å². The summed E-state index contributed by atoms with van der Waals surface area (Å²) in [5.74, 6) is 0.357. The maximum atomic E-state index is 13.0. The molecule has 2 N–H and O–H groups in total. The molecule has 2 rings (SSSR count). The molecule has 0 aliphatic rings. The van der Waals surface area contributed by atoms with Crippen molar-refractivity contribution in [3.05, 3.63) is 41.5 Å². The molecule has 4 heteroatoms. The number of aromatic amines is 1. The molecular formula is C12H13FN2O. The second-order valence-electron chi connectivity index (χ2n) is 3.64. The van der Waals surface area contributed by atoms with Crippen LogP contribution in [0.5, 0.6) is 0 Å². The Bertz CT molecular complexity index is 494. The van der Waals surface area contributed by atoms with Gasteiger partial charge >= 0.3 is 0 Å². The molecule has 84 valence electrons. The Morgan fingerprint density at radius 2 is 2.25 bits per heavy atom. The Morgan fingerprint density at radius 3 is 2.94 bits per heavy atom. The van der Waals surface area contributed by atoms with Crippen LogP contribution in [-0.2, 0) is 6.42 Å². The van der Waals surface area contributed by atoms with Crippen molar-refractivity contribution in [3.63, 3.8) is 0 Å². The number of rotatable bonds is 3. The Kier molecular flexibility index (Phi) is 3.01. The van der Waals surface area contributed by atoms with Gasteiger partial charge in [-0.1, -0.05) is 12.1 Å². The SMILES string of the molecule is Cc1[nH]c(-c2cccc(F)c2)nc1CCO. The third-order valence-corrected chi connectivity index (χ3v) is 2.43. The van der Waals surface area contributed by atoms with Crippen LogP contribution in [0.1, 0.15) is 11.4 Å². The Labute approximate surface area is 93.0 Å². The Hall–Kier alpha value is -1.68. The maximum Gasteiger partial charge on any atom is 0.137 e. The number of imidazole rings is 1. The topological polar surface area (TPSA) is 48.9 Å². The van der Waals surface area contributed by atoms with Crippen LogP contribution >= 0.6 is 0 Å². The molecule has 0 spiro atoms. The van der Waals surface area contributed by atoms with Gasteiger partial charge in [0.1, 0.15) is 11.6 Å². The molecule has 3 nitrogen and oxygen atoms in total. The minimum absolute atomic E-state index is 0.0638. The molecule has 0 radical (unpaired) electrons. The largest absolute Gasteiger partial charge is 0.396 e. The van der Waals surface area contributed by atoms with Gasteiger partial charge in [-0.05, 0) is 19.1 Å². The number of nitrogens with zero attached hydrogens (tertiary/aromatic N) is 1. The number of H-pyrrole nitrogens is 1. The first-order valence-corrected chi connectivity index (χ1v) is 5.13. The van der Waals surface area contributed by atoms with E-state index in [1.807, 2.05) is 6.92 Å². The highest BCUT2D eigenvalue weighted by atomic mass is 19.1. The van der Waals surface area contributed by atoms with Crippen molar-refractivity contribution < 1.29 is 9.50 Å². The molecule has 0 saturated heterocycles. The van der Waals surface area contributed by atoms with Gasteiger partial charge in [-0.2, -0.15) is 0 Å². The van der Waals surface area contributed by atoms with Crippen LogP contribution in [0.3, 0.4) is 0 Å². The zero-order valence-corrected chi connectivity index (χ0v) is 9.00. The maximum absolute atomic E-state index is 13.0. The second kappa shape index (κ2) is 4.45. The van der Waals surface area contributed by atoms with Crippen molar-refractivity contribution in [1.29, 1.82) is 0 Å². The molecule has 1 aromatic heterocycles. The van der Waals surface area contributed by atoms with Crippen molar-refractivity contribution in [2.75, 3.05) is 6.61 Å². The number of hydrogen-bond acceptors (Lipinski definition) is 2. The quantitative estimate of drug-likeness (QED) is 0.831. The first-order valence-electron chi connectivity index (χ1n) is 5.13. The van der Waals surface area contributed by atoms with Crippen LogP contribution in [0, 0.1) is 12.7 Å². The van der Waals surface area contributed by atoms with Crippen LogP contribution in [0.15, 0.2) is 24.3 Å². The minimum atomic E-state index is -0.282. The van der Waals surface area contributed by atoms with Gasteiger partial charge in [-0.3, -0.25) is 0 Å².